The maximum atomic E-state index is 13.6. The molecule has 2 aromatic carbocycles. The van der Waals surface area contributed by atoms with Crippen LogP contribution in [0.4, 0.5) is 4.39 Å². The third-order valence-corrected chi connectivity index (χ3v) is 8.36. The molecule has 3 aromatic rings. The number of fused-ring (bicyclic) bond motifs is 1. The van der Waals surface area contributed by atoms with E-state index in [1.807, 2.05) is 48.7 Å². The third kappa shape index (κ3) is 5.46. The summed E-state index contributed by atoms with van der Waals surface area (Å²) in [6, 6.07) is 17.0. The zero-order valence-corrected chi connectivity index (χ0v) is 20.6. The lowest BCUT2D eigenvalue weighted by molar-refractivity contribution is -0.133. The van der Waals surface area contributed by atoms with Crippen molar-refractivity contribution in [3.05, 3.63) is 98.8 Å². The van der Waals surface area contributed by atoms with Crippen LogP contribution in [-0.4, -0.2) is 43.2 Å². The normalized spacial score (nSPS) is 16.2. The van der Waals surface area contributed by atoms with Gasteiger partial charge in [0.05, 0.1) is 12.6 Å². The van der Waals surface area contributed by atoms with Crippen LogP contribution in [0.25, 0.3) is 6.08 Å². The second-order valence-electron chi connectivity index (χ2n) is 8.18. The summed E-state index contributed by atoms with van der Waals surface area (Å²) in [5.74, 6) is -0.607. The van der Waals surface area contributed by atoms with Crippen LogP contribution >= 0.6 is 11.3 Å². The minimum atomic E-state index is -3.80. The molecule has 1 aromatic heterocycles. The molecule has 0 bridgehead atoms. The van der Waals surface area contributed by atoms with Crippen molar-refractivity contribution >= 4 is 33.3 Å². The quantitative estimate of drug-likeness (QED) is 0.436. The van der Waals surface area contributed by atoms with Crippen LogP contribution in [0.1, 0.15) is 41.0 Å². The van der Waals surface area contributed by atoms with E-state index >= 15 is 0 Å². The SMILES string of the molecule is CCCN(CC(=O)N1CCc2sccc2C1c1ccc(F)cc1)S(=O)(=O)/C=C/c1ccccc1. The highest BCUT2D eigenvalue weighted by Gasteiger charge is 2.34. The molecule has 1 aliphatic rings. The highest BCUT2D eigenvalue weighted by molar-refractivity contribution is 7.92. The van der Waals surface area contributed by atoms with Crippen molar-refractivity contribution in [3.63, 3.8) is 0 Å². The third-order valence-electron chi connectivity index (χ3n) is 5.85. The van der Waals surface area contributed by atoms with Crippen molar-refractivity contribution < 1.29 is 17.6 Å². The highest BCUT2D eigenvalue weighted by Crippen LogP contribution is 2.38. The Kier molecular flexibility index (Phi) is 7.60. The summed E-state index contributed by atoms with van der Waals surface area (Å²) in [4.78, 5) is 16.4. The van der Waals surface area contributed by atoms with Crippen LogP contribution in [0.2, 0.25) is 0 Å². The predicted molar refractivity (Wildman–Crippen MR) is 134 cm³/mol. The van der Waals surface area contributed by atoms with Crippen molar-refractivity contribution in [2.75, 3.05) is 19.6 Å². The van der Waals surface area contributed by atoms with Crippen molar-refractivity contribution in [1.82, 2.24) is 9.21 Å². The molecule has 8 heteroatoms. The summed E-state index contributed by atoms with van der Waals surface area (Å²) in [6.07, 6.45) is 2.84. The van der Waals surface area contributed by atoms with Gasteiger partial charge in [0.15, 0.2) is 0 Å². The molecular weight excluding hydrogens is 471 g/mol. The second kappa shape index (κ2) is 10.6. The summed E-state index contributed by atoms with van der Waals surface area (Å²) in [5.41, 5.74) is 2.60. The van der Waals surface area contributed by atoms with Crippen molar-refractivity contribution in [1.29, 1.82) is 0 Å². The molecule has 1 unspecified atom stereocenters. The fraction of sp³-hybridized carbons (Fsp3) is 0.269. The molecule has 5 nitrogen and oxygen atoms in total. The standard InChI is InChI=1S/C26H27FN2O3S2/c1-2-15-28(34(31,32)18-14-20-6-4-3-5-7-20)19-25(30)29-16-12-24-23(13-17-33-24)26(29)21-8-10-22(27)11-9-21/h3-11,13-14,17-18,26H,2,12,15-16,19H2,1H3/b18-14+. The summed E-state index contributed by atoms with van der Waals surface area (Å²) >= 11 is 1.64. The van der Waals surface area contributed by atoms with Gasteiger partial charge in [-0.25, -0.2) is 12.8 Å². The van der Waals surface area contributed by atoms with Crippen LogP contribution in [0.5, 0.6) is 0 Å². The number of thiophene rings is 1. The minimum Gasteiger partial charge on any atom is -0.330 e. The molecule has 0 radical (unpaired) electrons. The molecular formula is C26H27FN2O3S2. The van der Waals surface area contributed by atoms with Gasteiger partial charge in [-0.05, 0) is 59.2 Å². The molecule has 4 rings (SSSR count). The Morgan fingerprint density at radius 2 is 1.88 bits per heavy atom. The number of hydrogen-bond donors (Lipinski definition) is 0. The van der Waals surface area contributed by atoms with Gasteiger partial charge in [0, 0.05) is 23.4 Å². The average molecular weight is 499 g/mol. The molecule has 178 valence electrons. The summed E-state index contributed by atoms with van der Waals surface area (Å²) in [7, 11) is -3.80. The first kappa shape index (κ1) is 24.3. The lowest BCUT2D eigenvalue weighted by Crippen LogP contribution is -2.46. The number of carbonyl (C=O) groups is 1. The number of nitrogens with zero attached hydrogens (tertiary/aromatic N) is 2. The molecule has 1 amide bonds. The Balaban J connectivity index is 1.59. The van der Waals surface area contributed by atoms with E-state index in [0.717, 1.165) is 22.1 Å². The summed E-state index contributed by atoms with van der Waals surface area (Å²) in [6.45, 7) is 2.36. The maximum absolute atomic E-state index is 13.6. The van der Waals surface area contributed by atoms with Gasteiger partial charge in [0.2, 0.25) is 15.9 Å². The summed E-state index contributed by atoms with van der Waals surface area (Å²) < 4.78 is 41.0. The number of hydrogen-bond acceptors (Lipinski definition) is 4. The smallest absolute Gasteiger partial charge is 0.238 e. The molecule has 34 heavy (non-hydrogen) atoms. The topological polar surface area (TPSA) is 57.7 Å². The molecule has 2 heterocycles. The highest BCUT2D eigenvalue weighted by atomic mass is 32.2. The second-order valence-corrected chi connectivity index (χ2v) is 11.0. The fourth-order valence-electron chi connectivity index (χ4n) is 4.19. The van der Waals surface area contributed by atoms with Gasteiger partial charge in [0.25, 0.3) is 0 Å². The van der Waals surface area contributed by atoms with E-state index in [-0.39, 0.29) is 30.9 Å². The number of rotatable bonds is 8. The van der Waals surface area contributed by atoms with E-state index in [1.165, 1.54) is 21.3 Å². The van der Waals surface area contributed by atoms with Crippen molar-refractivity contribution in [2.45, 2.75) is 25.8 Å². The average Bonchev–Trinajstić information content (AvgIpc) is 3.32. The van der Waals surface area contributed by atoms with Crippen molar-refractivity contribution in [3.8, 4) is 0 Å². The van der Waals surface area contributed by atoms with Crippen LogP contribution in [0.3, 0.4) is 0 Å². The Bertz CT molecular complexity index is 1250. The molecule has 0 spiro atoms. The van der Waals surface area contributed by atoms with Crippen LogP contribution in [-0.2, 0) is 21.2 Å². The lowest BCUT2D eigenvalue weighted by Gasteiger charge is -2.37. The van der Waals surface area contributed by atoms with Gasteiger partial charge < -0.3 is 4.90 Å². The van der Waals surface area contributed by atoms with Gasteiger partial charge in [-0.3, -0.25) is 4.79 Å². The van der Waals surface area contributed by atoms with E-state index in [1.54, 1.807) is 34.4 Å². The van der Waals surface area contributed by atoms with Crippen LogP contribution in [0, 0.1) is 5.82 Å². The van der Waals surface area contributed by atoms with E-state index in [2.05, 4.69) is 0 Å². The molecule has 0 saturated heterocycles. The van der Waals surface area contributed by atoms with E-state index < -0.39 is 10.0 Å². The first-order valence-corrected chi connectivity index (χ1v) is 13.6. The molecule has 0 fully saturated rings. The molecule has 0 N–H and O–H groups in total. The predicted octanol–water partition coefficient (Wildman–Crippen LogP) is 5.07. The number of benzene rings is 2. The summed E-state index contributed by atoms with van der Waals surface area (Å²) in [5, 5.41) is 3.16. The largest absolute Gasteiger partial charge is 0.330 e. The number of carbonyl (C=O) groups excluding carboxylic acids is 1. The maximum Gasteiger partial charge on any atom is 0.238 e. The molecule has 1 aliphatic heterocycles. The Morgan fingerprint density at radius 3 is 2.59 bits per heavy atom. The van der Waals surface area contributed by atoms with Gasteiger partial charge >= 0.3 is 0 Å². The zero-order chi connectivity index (χ0) is 24.1. The Labute approximate surface area is 204 Å². The van der Waals surface area contributed by atoms with Gasteiger partial charge in [-0.15, -0.1) is 11.3 Å². The van der Waals surface area contributed by atoms with E-state index in [9.17, 15) is 17.6 Å². The van der Waals surface area contributed by atoms with Gasteiger partial charge in [-0.2, -0.15) is 4.31 Å². The Morgan fingerprint density at radius 1 is 1.15 bits per heavy atom. The number of halogens is 1. The molecule has 0 saturated carbocycles. The first-order chi connectivity index (χ1) is 16.4. The molecule has 1 atom stereocenters. The van der Waals surface area contributed by atoms with E-state index in [4.69, 9.17) is 0 Å². The van der Waals surface area contributed by atoms with Gasteiger partial charge in [0.1, 0.15) is 5.82 Å². The van der Waals surface area contributed by atoms with E-state index in [0.29, 0.717) is 19.4 Å². The lowest BCUT2D eigenvalue weighted by atomic mass is 9.93. The van der Waals surface area contributed by atoms with Crippen LogP contribution < -0.4 is 0 Å². The number of amides is 1. The number of sulfonamides is 1. The van der Waals surface area contributed by atoms with Crippen molar-refractivity contribution in [2.24, 2.45) is 0 Å². The first-order valence-electron chi connectivity index (χ1n) is 11.2. The monoisotopic (exact) mass is 498 g/mol. The Hall–Kier alpha value is -2.81. The fourth-order valence-corrected chi connectivity index (χ4v) is 6.32. The zero-order valence-electron chi connectivity index (χ0n) is 18.9. The van der Waals surface area contributed by atoms with Crippen LogP contribution in [0.15, 0.2) is 71.5 Å². The minimum absolute atomic E-state index is 0.242. The van der Waals surface area contributed by atoms with Gasteiger partial charge in [-0.1, -0.05) is 49.4 Å². The molecule has 0 aliphatic carbocycles.